The third-order valence-electron chi connectivity index (χ3n) is 5.95. The fraction of sp³-hybridized carbons (Fsp3) is 0.450. The fourth-order valence-corrected chi connectivity index (χ4v) is 4.00. The van der Waals surface area contributed by atoms with Crippen molar-refractivity contribution in [1.82, 2.24) is 24.9 Å². The Morgan fingerprint density at radius 1 is 1.12 bits per heavy atom. The minimum absolute atomic E-state index is 0.00496. The predicted molar refractivity (Wildman–Crippen MR) is 108 cm³/mol. The van der Waals surface area contributed by atoms with Crippen LogP contribution in [0.1, 0.15) is 38.0 Å². The van der Waals surface area contributed by atoms with E-state index < -0.39 is 11.6 Å². The van der Waals surface area contributed by atoms with Gasteiger partial charge in [-0.2, -0.15) is 27.9 Å². The van der Waals surface area contributed by atoms with Crippen LogP contribution in [-0.2, 0) is 5.41 Å². The number of hydrogen-bond donors (Lipinski definition) is 2. The molecule has 3 aromatic rings. The van der Waals surface area contributed by atoms with Gasteiger partial charge < -0.3 is 15.2 Å². The van der Waals surface area contributed by atoms with Gasteiger partial charge in [-0.15, -0.1) is 0 Å². The maximum Gasteiger partial charge on any atom is 0.403 e. The average molecular weight is 447 g/mol. The van der Waals surface area contributed by atoms with Gasteiger partial charge in [-0.3, -0.25) is 4.79 Å². The van der Waals surface area contributed by atoms with Crippen molar-refractivity contribution in [1.29, 1.82) is 0 Å². The Morgan fingerprint density at radius 3 is 2.56 bits per heavy atom. The Balaban J connectivity index is 1.17. The molecule has 2 aliphatic carbocycles. The maximum atomic E-state index is 13.2. The van der Waals surface area contributed by atoms with E-state index in [0.29, 0.717) is 11.5 Å². The summed E-state index contributed by atoms with van der Waals surface area (Å²) in [5.41, 5.74) is -1.66. The molecule has 0 radical (unpaired) electrons. The summed E-state index contributed by atoms with van der Waals surface area (Å²) < 4.78 is 45.8. The van der Waals surface area contributed by atoms with Crippen LogP contribution in [0, 0.1) is 0 Å². The van der Waals surface area contributed by atoms with Crippen LogP contribution in [0.5, 0.6) is 0 Å². The first kappa shape index (κ1) is 20.5. The number of aromatic nitrogens is 5. The fourth-order valence-electron chi connectivity index (χ4n) is 4.00. The van der Waals surface area contributed by atoms with Crippen LogP contribution in [0.3, 0.4) is 0 Å². The van der Waals surface area contributed by atoms with E-state index in [1.165, 1.54) is 16.9 Å². The lowest BCUT2D eigenvalue weighted by Gasteiger charge is -2.15. The second-order valence-corrected chi connectivity index (χ2v) is 8.17. The molecule has 9 nitrogen and oxygen atoms in total. The lowest BCUT2D eigenvalue weighted by Crippen LogP contribution is -2.29. The van der Waals surface area contributed by atoms with Gasteiger partial charge in [0.05, 0.1) is 11.9 Å². The first-order chi connectivity index (χ1) is 15.3. The molecule has 0 saturated heterocycles. The van der Waals surface area contributed by atoms with Gasteiger partial charge in [0.25, 0.3) is 11.5 Å². The van der Waals surface area contributed by atoms with Crippen molar-refractivity contribution < 1.29 is 17.7 Å². The van der Waals surface area contributed by atoms with Crippen LogP contribution in [0.4, 0.5) is 24.9 Å². The topological polar surface area (TPSA) is 111 Å². The number of halogens is 3. The highest BCUT2D eigenvalue weighted by Crippen LogP contribution is 2.58. The number of hydrogen-bond acceptors (Lipinski definition) is 8. The largest absolute Gasteiger partial charge is 0.403 e. The van der Waals surface area contributed by atoms with Gasteiger partial charge in [0.1, 0.15) is 11.2 Å². The van der Waals surface area contributed by atoms with E-state index in [4.69, 9.17) is 4.52 Å². The molecule has 168 valence electrons. The SMILES string of the molecule is O=c1cccnn1-c1ccc(N[C@H]2CC[C@H](Nc3noc(C4(C(F)(F)F)CC4)n3)C2)nc1. The highest BCUT2D eigenvalue weighted by Gasteiger charge is 2.68. The van der Waals surface area contributed by atoms with Gasteiger partial charge in [-0.1, -0.05) is 0 Å². The minimum atomic E-state index is -4.38. The van der Waals surface area contributed by atoms with Gasteiger partial charge in [-0.25, -0.2) is 4.98 Å². The van der Waals surface area contributed by atoms with E-state index in [0.717, 1.165) is 19.3 Å². The van der Waals surface area contributed by atoms with Gasteiger partial charge in [0, 0.05) is 24.3 Å². The van der Waals surface area contributed by atoms with E-state index in [1.807, 2.05) is 0 Å². The van der Waals surface area contributed by atoms with Crippen LogP contribution >= 0.6 is 0 Å². The molecule has 0 bridgehead atoms. The van der Waals surface area contributed by atoms with E-state index in [2.05, 4.69) is 30.9 Å². The molecule has 3 heterocycles. The van der Waals surface area contributed by atoms with Gasteiger partial charge in [0.15, 0.2) is 0 Å². The zero-order valence-electron chi connectivity index (χ0n) is 16.8. The molecule has 2 atom stereocenters. The number of nitrogens with zero attached hydrogens (tertiary/aromatic N) is 5. The maximum absolute atomic E-state index is 13.2. The van der Waals surface area contributed by atoms with Crippen molar-refractivity contribution in [3.05, 3.63) is 52.9 Å². The third kappa shape index (κ3) is 3.80. The second-order valence-electron chi connectivity index (χ2n) is 8.17. The lowest BCUT2D eigenvalue weighted by atomic mass is 10.1. The molecule has 2 N–H and O–H groups in total. The van der Waals surface area contributed by atoms with Crippen LogP contribution in [-0.4, -0.2) is 43.2 Å². The van der Waals surface area contributed by atoms with E-state index in [9.17, 15) is 18.0 Å². The van der Waals surface area contributed by atoms with E-state index in [-0.39, 0.29) is 42.3 Å². The van der Waals surface area contributed by atoms with Gasteiger partial charge >= 0.3 is 6.18 Å². The number of rotatable bonds is 6. The minimum Gasteiger partial charge on any atom is -0.367 e. The van der Waals surface area contributed by atoms with Crippen molar-refractivity contribution in [3.8, 4) is 5.69 Å². The number of nitrogens with one attached hydrogen (secondary N) is 2. The Morgan fingerprint density at radius 2 is 1.91 bits per heavy atom. The Kier molecular flexibility index (Phi) is 4.86. The van der Waals surface area contributed by atoms with E-state index in [1.54, 1.807) is 24.4 Å². The molecule has 2 aliphatic rings. The highest BCUT2D eigenvalue weighted by atomic mass is 19.4. The molecule has 3 aromatic heterocycles. The molecule has 32 heavy (non-hydrogen) atoms. The van der Waals surface area contributed by atoms with Crippen molar-refractivity contribution in [3.63, 3.8) is 0 Å². The van der Waals surface area contributed by atoms with Crippen LogP contribution in [0.15, 0.2) is 46.0 Å². The third-order valence-corrected chi connectivity index (χ3v) is 5.95. The monoisotopic (exact) mass is 447 g/mol. The number of pyridine rings is 1. The first-order valence-electron chi connectivity index (χ1n) is 10.3. The van der Waals surface area contributed by atoms with E-state index >= 15 is 0 Å². The molecule has 2 fully saturated rings. The van der Waals surface area contributed by atoms with Crippen LogP contribution in [0.2, 0.25) is 0 Å². The Hall–Kier alpha value is -3.44. The zero-order chi connectivity index (χ0) is 22.3. The Bertz CT molecular complexity index is 1150. The van der Waals surface area contributed by atoms with Crippen molar-refractivity contribution >= 4 is 11.8 Å². The summed E-state index contributed by atoms with van der Waals surface area (Å²) in [6.07, 6.45) is 1.04. The zero-order valence-corrected chi connectivity index (χ0v) is 16.8. The molecule has 2 saturated carbocycles. The average Bonchev–Trinajstić information content (AvgIpc) is 3.28. The molecule has 0 aromatic carbocycles. The molecule has 0 spiro atoms. The molecular formula is C20H20F3N7O2. The van der Waals surface area contributed by atoms with Crippen molar-refractivity contribution in [2.45, 2.75) is 55.8 Å². The second kappa shape index (κ2) is 7.61. The van der Waals surface area contributed by atoms with Gasteiger partial charge in [0.2, 0.25) is 5.89 Å². The molecular weight excluding hydrogens is 427 g/mol. The first-order valence-corrected chi connectivity index (χ1v) is 10.3. The summed E-state index contributed by atoms with van der Waals surface area (Å²) in [6.45, 7) is 0. The summed E-state index contributed by atoms with van der Waals surface area (Å²) in [5, 5.41) is 14.1. The number of alkyl halides is 3. The summed E-state index contributed by atoms with van der Waals surface area (Å²) in [6, 6.07) is 6.65. The quantitative estimate of drug-likeness (QED) is 0.593. The normalized spacial score (nSPS) is 22.0. The standard InChI is InChI=1S/C20H20F3N7O2/c21-20(22,23)19(7-8-19)17-28-18(29-32-17)27-13-4-3-12(10-13)26-15-6-5-14(11-24-15)30-16(31)2-1-9-25-30/h1-2,5-6,9,11-13H,3-4,7-8,10H2,(H,24,26)(H,27,29)/t12-,13-/m0/s1. The molecule has 0 aliphatic heterocycles. The summed E-state index contributed by atoms with van der Waals surface area (Å²) in [7, 11) is 0. The summed E-state index contributed by atoms with van der Waals surface area (Å²) in [4.78, 5) is 20.2. The van der Waals surface area contributed by atoms with Crippen molar-refractivity contribution in [2.24, 2.45) is 0 Å². The highest BCUT2D eigenvalue weighted by molar-refractivity contribution is 5.41. The van der Waals surface area contributed by atoms with Crippen molar-refractivity contribution in [2.75, 3.05) is 10.6 Å². The van der Waals surface area contributed by atoms with Crippen LogP contribution in [0.25, 0.3) is 5.69 Å². The molecule has 0 unspecified atom stereocenters. The Labute approximate surface area is 180 Å². The van der Waals surface area contributed by atoms with Gasteiger partial charge in [-0.05, 0) is 55.5 Å². The summed E-state index contributed by atoms with van der Waals surface area (Å²) in [5.74, 6) is 0.381. The smallest absolute Gasteiger partial charge is 0.367 e. The lowest BCUT2D eigenvalue weighted by molar-refractivity contribution is -0.166. The number of anilines is 2. The molecule has 12 heteroatoms. The molecule has 5 rings (SSSR count). The molecule has 0 amide bonds. The van der Waals surface area contributed by atoms with Crippen LogP contribution < -0.4 is 16.2 Å². The summed E-state index contributed by atoms with van der Waals surface area (Å²) >= 11 is 0. The predicted octanol–water partition coefficient (Wildman–Crippen LogP) is 3.05.